The number of rotatable bonds is 6. The van der Waals surface area contributed by atoms with Crippen molar-refractivity contribution >= 4 is 17.5 Å². The molecule has 0 saturated heterocycles. The van der Waals surface area contributed by atoms with E-state index in [0.717, 1.165) is 18.4 Å². The van der Waals surface area contributed by atoms with Gasteiger partial charge in [0.15, 0.2) is 0 Å². The van der Waals surface area contributed by atoms with Crippen molar-refractivity contribution in [3.8, 4) is 6.07 Å². The summed E-state index contributed by atoms with van der Waals surface area (Å²) >= 11 is 5.85. The van der Waals surface area contributed by atoms with Crippen LogP contribution in [0, 0.1) is 17.2 Å². The van der Waals surface area contributed by atoms with E-state index in [0.29, 0.717) is 10.9 Å². The van der Waals surface area contributed by atoms with E-state index in [-0.39, 0.29) is 18.5 Å². The predicted octanol–water partition coefficient (Wildman–Crippen LogP) is 2.80. The van der Waals surface area contributed by atoms with Crippen LogP contribution in [0.1, 0.15) is 38.3 Å². The van der Waals surface area contributed by atoms with Gasteiger partial charge in [0.05, 0.1) is 12.6 Å². The van der Waals surface area contributed by atoms with Crippen LogP contribution in [-0.4, -0.2) is 18.0 Å². The van der Waals surface area contributed by atoms with Gasteiger partial charge in [-0.2, -0.15) is 5.26 Å². The van der Waals surface area contributed by atoms with Crippen LogP contribution in [0.4, 0.5) is 0 Å². The van der Waals surface area contributed by atoms with E-state index in [9.17, 15) is 10.1 Å². The zero-order valence-corrected chi connectivity index (χ0v) is 13.1. The predicted molar refractivity (Wildman–Crippen MR) is 82.8 cm³/mol. The minimum Gasteiger partial charge on any atom is -0.337 e. The molecule has 1 aliphatic rings. The van der Waals surface area contributed by atoms with E-state index < -0.39 is 5.54 Å². The molecule has 0 spiro atoms. The fourth-order valence-corrected chi connectivity index (χ4v) is 2.46. The van der Waals surface area contributed by atoms with E-state index in [4.69, 9.17) is 11.6 Å². The molecule has 1 saturated carbocycles. The number of halogens is 1. The fourth-order valence-electron chi connectivity index (χ4n) is 2.33. The number of nitrogens with zero attached hydrogens (tertiary/aromatic N) is 1. The highest BCUT2D eigenvalue weighted by Gasteiger charge is 2.42. The zero-order valence-electron chi connectivity index (χ0n) is 12.3. The van der Waals surface area contributed by atoms with Gasteiger partial charge in [-0.05, 0) is 50.3 Å². The van der Waals surface area contributed by atoms with Gasteiger partial charge in [0.2, 0.25) is 5.91 Å². The van der Waals surface area contributed by atoms with E-state index >= 15 is 0 Å². The molecular formula is C16H20ClN3O. The number of nitriles is 1. The summed E-state index contributed by atoms with van der Waals surface area (Å²) in [5.74, 6) is 0.145. The maximum Gasteiger partial charge on any atom is 0.235 e. The summed E-state index contributed by atoms with van der Waals surface area (Å²) in [6.07, 6.45) is 2.03. The van der Waals surface area contributed by atoms with Gasteiger partial charge in [0.1, 0.15) is 5.54 Å². The molecule has 0 aliphatic heterocycles. The van der Waals surface area contributed by atoms with Gasteiger partial charge in [-0.25, -0.2) is 0 Å². The summed E-state index contributed by atoms with van der Waals surface area (Å²) in [5, 5.41) is 15.9. The first kappa shape index (κ1) is 15.8. The SMILES string of the molecule is CC(NCC(=O)NC(C)(C#N)C1CC1)c1ccc(Cl)cc1. The van der Waals surface area contributed by atoms with E-state index in [2.05, 4.69) is 16.7 Å². The quantitative estimate of drug-likeness (QED) is 0.849. The van der Waals surface area contributed by atoms with Crippen LogP contribution in [0.3, 0.4) is 0 Å². The third-order valence-corrected chi connectivity index (χ3v) is 4.22. The third-order valence-electron chi connectivity index (χ3n) is 3.96. The van der Waals surface area contributed by atoms with E-state index in [1.807, 2.05) is 31.2 Å². The lowest BCUT2D eigenvalue weighted by Gasteiger charge is -2.23. The van der Waals surface area contributed by atoms with E-state index in [1.165, 1.54) is 0 Å². The number of hydrogen-bond donors (Lipinski definition) is 2. The van der Waals surface area contributed by atoms with Crippen molar-refractivity contribution in [2.45, 2.75) is 38.3 Å². The molecule has 1 aliphatic carbocycles. The van der Waals surface area contributed by atoms with Crippen LogP contribution in [0.25, 0.3) is 0 Å². The smallest absolute Gasteiger partial charge is 0.235 e. The minimum atomic E-state index is -0.734. The standard InChI is InChI=1S/C16H20ClN3O/c1-11(12-3-7-14(17)8-4-12)19-9-15(21)20-16(2,10-18)13-5-6-13/h3-4,7-8,11,13,19H,5-6,9H2,1-2H3,(H,20,21). The number of benzene rings is 1. The fraction of sp³-hybridized carbons (Fsp3) is 0.500. The average Bonchev–Trinajstić information content (AvgIpc) is 3.30. The first-order valence-electron chi connectivity index (χ1n) is 7.16. The first-order valence-corrected chi connectivity index (χ1v) is 7.53. The van der Waals surface area contributed by atoms with Crippen molar-refractivity contribution in [3.63, 3.8) is 0 Å². The Morgan fingerprint density at radius 2 is 2.10 bits per heavy atom. The number of carbonyl (C=O) groups is 1. The molecule has 1 aromatic carbocycles. The van der Waals surface area contributed by atoms with Crippen molar-refractivity contribution in [3.05, 3.63) is 34.9 Å². The summed E-state index contributed by atoms with van der Waals surface area (Å²) < 4.78 is 0. The maximum absolute atomic E-state index is 12.0. The van der Waals surface area contributed by atoms with Gasteiger partial charge in [-0.15, -0.1) is 0 Å². The number of amides is 1. The molecule has 0 radical (unpaired) electrons. The monoisotopic (exact) mass is 305 g/mol. The molecule has 1 amide bonds. The highest BCUT2D eigenvalue weighted by molar-refractivity contribution is 6.30. The summed E-state index contributed by atoms with van der Waals surface area (Å²) in [6, 6.07) is 9.79. The van der Waals surface area contributed by atoms with E-state index in [1.54, 1.807) is 6.92 Å². The molecule has 2 atom stereocenters. The largest absolute Gasteiger partial charge is 0.337 e. The molecular weight excluding hydrogens is 286 g/mol. The molecule has 1 fully saturated rings. The third kappa shape index (κ3) is 4.20. The Kier molecular flexibility index (Phi) is 4.87. The Balaban J connectivity index is 1.83. The molecule has 2 unspecified atom stereocenters. The van der Waals surface area contributed by atoms with Crippen molar-refractivity contribution in [1.29, 1.82) is 5.26 Å². The minimum absolute atomic E-state index is 0.0438. The van der Waals surface area contributed by atoms with Crippen molar-refractivity contribution in [2.75, 3.05) is 6.54 Å². The van der Waals surface area contributed by atoms with Gasteiger partial charge in [0.25, 0.3) is 0 Å². The van der Waals surface area contributed by atoms with Crippen LogP contribution in [-0.2, 0) is 4.79 Å². The Hall–Kier alpha value is -1.57. The summed E-state index contributed by atoms with van der Waals surface area (Å²) in [6.45, 7) is 3.97. The summed E-state index contributed by atoms with van der Waals surface area (Å²) in [7, 11) is 0. The summed E-state index contributed by atoms with van der Waals surface area (Å²) in [5.41, 5.74) is 0.333. The van der Waals surface area contributed by atoms with Crippen LogP contribution >= 0.6 is 11.6 Å². The average molecular weight is 306 g/mol. The van der Waals surface area contributed by atoms with Crippen LogP contribution in [0.2, 0.25) is 5.02 Å². The van der Waals surface area contributed by atoms with Gasteiger partial charge >= 0.3 is 0 Å². The molecule has 2 N–H and O–H groups in total. The van der Waals surface area contributed by atoms with Crippen LogP contribution < -0.4 is 10.6 Å². The van der Waals surface area contributed by atoms with Gasteiger partial charge < -0.3 is 10.6 Å². The molecule has 5 heteroatoms. The van der Waals surface area contributed by atoms with Gasteiger partial charge in [-0.3, -0.25) is 4.79 Å². The highest BCUT2D eigenvalue weighted by Crippen LogP contribution is 2.39. The van der Waals surface area contributed by atoms with Crippen molar-refractivity contribution < 1.29 is 4.79 Å². The molecule has 112 valence electrons. The normalized spacial score (nSPS) is 18.4. The molecule has 21 heavy (non-hydrogen) atoms. The lowest BCUT2D eigenvalue weighted by atomic mass is 9.98. The van der Waals surface area contributed by atoms with Crippen LogP contribution in [0.15, 0.2) is 24.3 Å². The summed E-state index contributed by atoms with van der Waals surface area (Å²) in [4.78, 5) is 12.0. The molecule has 1 aromatic rings. The maximum atomic E-state index is 12.0. The first-order chi connectivity index (χ1) is 9.94. The Bertz CT molecular complexity index is 548. The Morgan fingerprint density at radius 3 is 2.62 bits per heavy atom. The zero-order chi connectivity index (χ0) is 15.5. The second-order valence-corrected chi connectivity index (χ2v) is 6.23. The molecule has 2 rings (SSSR count). The second-order valence-electron chi connectivity index (χ2n) is 5.79. The molecule has 0 heterocycles. The van der Waals surface area contributed by atoms with Gasteiger partial charge in [0, 0.05) is 11.1 Å². The second kappa shape index (κ2) is 6.46. The molecule has 0 bridgehead atoms. The number of hydrogen-bond acceptors (Lipinski definition) is 3. The molecule has 0 aromatic heterocycles. The number of nitrogens with one attached hydrogen (secondary N) is 2. The molecule has 4 nitrogen and oxygen atoms in total. The Morgan fingerprint density at radius 1 is 1.48 bits per heavy atom. The van der Waals surface area contributed by atoms with Gasteiger partial charge in [-0.1, -0.05) is 23.7 Å². The number of carbonyl (C=O) groups excluding carboxylic acids is 1. The highest BCUT2D eigenvalue weighted by atomic mass is 35.5. The Labute approximate surface area is 130 Å². The van der Waals surface area contributed by atoms with Crippen molar-refractivity contribution in [2.24, 2.45) is 5.92 Å². The van der Waals surface area contributed by atoms with Crippen molar-refractivity contribution in [1.82, 2.24) is 10.6 Å². The topological polar surface area (TPSA) is 64.9 Å². The lowest BCUT2D eigenvalue weighted by molar-refractivity contribution is -0.121. The van der Waals surface area contributed by atoms with Crippen LogP contribution in [0.5, 0.6) is 0 Å². The lowest BCUT2D eigenvalue weighted by Crippen LogP contribution is -2.49.